The first-order valence-electron chi connectivity index (χ1n) is 5.50. The minimum absolute atomic E-state index is 0.244. The molecule has 2 N–H and O–H groups in total. The Labute approximate surface area is 99.2 Å². The smallest absolute Gasteiger partial charge is 0.151 e. The molecular formula is C12H16FN3O. The zero-order valence-electron chi connectivity index (χ0n) is 9.98. The summed E-state index contributed by atoms with van der Waals surface area (Å²) in [6.07, 6.45) is 0.662. The number of methoxy groups -OCH3 is 1. The first-order valence-corrected chi connectivity index (χ1v) is 5.50. The van der Waals surface area contributed by atoms with E-state index in [0.717, 1.165) is 5.52 Å². The third kappa shape index (κ3) is 2.16. The molecule has 0 spiro atoms. The Kier molecular flexibility index (Phi) is 3.40. The van der Waals surface area contributed by atoms with Crippen LogP contribution in [0.25, 0.3) is 11.0 Å². The van der Waals surface area contributed by atoms with Crippen LogP contribution in [0.4, 0.5) is 4.39 Å². The number of ether oxygens (including phenoxy) is 1. The molecule has 1 aromatic heterocycles. The van der Waals surface area contributed by atoms with Gasteiger partial charge in [0.05, 0.1) is 11.6 Å². The number of hydrogen-bond donors (Lipinski definition) is 1. The molecule has 4 nitrogen and oxygen atoms in total. The second kappa shape index (κ2) is 4.81. The molecule has 1 unspecified atom stereocenters. The maximum absolute atomic E-state index is 13.6. The molecule has 2 aromatic rings. The normalized spacial score (nSPS) is 13.2. The number of halogens is 1. The van der Waals surface area contributed by atoms with E-state index in [-0.39, 0.29) is 11.9 Å². The molecule has 0 bridgehead atoms. The van der Waals surface area contributed by atoms with Gasteiger partial charge in [-0.05, 0) is 18.6 Å². The lowest BCUT2D eigenvalue weighted by Crippen LogP contribution is -2.17. The lowest BCUT2D eigenvalue weighted by Gasteiger charge is -2.10. The van der Waals surface area contributed by atoms with Gasteiger partial charge in [-0.15, -0.1) is 0 Å². The fourth-order valence-electron chi connectivity index (χ4n) is 1.90. The van der Waals surface area contributed by atoms with Crippen LogP contribution < -0.4 is 5.73 Å². The highest BCUT2D eigenvalue weighted by molar-refractivity contribution is 5.76. The zero-order valence-corrected chi connectivity index (χ0v) is 9.98. The highest BCUT2D eigenvalue weighted by atomic mass is 19.1. The van der Waals surface area contributed by atoms with Crippen LogP contribution in [0.15, 0.2) is 18.2 Å². The van der Waals surface area contributed by atoms with Crippen molar-refractivity contribution < 1.29 is 9.13 Å². The largest absolute Gasteiger partial charge is 0.385 e. The van der Waals surface area contributed by atoms with Crippen molar-refractivity contribution in [2.45, 2.75) is 12.5 Å². The monoisotopic (exact) mass is 237 g/mol. The van der Waals surface area contributed by atoms with Gasteiger partial charge in [0, 0.05) is 20.8 Å². The van der Waals surface area contributed by atoms with Gasteiger partial charge in [-0.3, -0.25) is 0 Å². The molecule has 0 aliphatic rings. The van der Waals surface area contributed by atoms with Crippen molar-refractivity contribution in [1.29, 1.82) is 0 Å². The van der Waals surface area contributed by atoms with Crippen molar-refractivity contribution in [2.24, 2.45) is 12.8 Å². The van der Waals surface area contributed by atoms with Crippen molar-refractivity contribution in [2.75, 3.05) is 13.7 Å². The molecule has 17 heavy (non-hydrogen) atoms. The first kappa shape index (κ1) is 12.0. The van der Waals surface area contributed by atoms with Gasteiger partial charge in [0.1, 0.15) is 11.3 Å². The lowest BCUT2D eigenvalue weighted by atomic mass is 10.2. The average Bonchev–Trinajstić information content (AvgIpc) is 2.66. The van der Waals surface area contributed by atoms with E-state index in [9.17, 15) is 4.39 Å². The van der Waals surface area contributed by atoms with Crippen LogP contribution in [0, 0.1) is 5.82 Å². The Morgan fingerprint density at radius 1 is 1.53 bits per heavy atom. The van der Waals surface area contributed by atoms with Crippen LogP contribution in [0.2, 0.25) is 0 Å². The van der Waals surface area contributed by atoms with Crippen molar-refractivity contribution in [3.63, 3.8) is 0 Å². The van der Waals surface area contributed by atoms with Crippen LogP contribution in [-0.2, 0) is 11.8 Å². The summed E-state index contributed by atoms with van der Waals surface area (Å²) in [5.41, 5.74) is 7.14. The Balaban J connectivity index is 2.41. The van der Waals surface area contributed by atoms with Gasteiger partial charge in [-0.25, -0.2) is 9.37 Å². The summed E-state index contributed by atoms with van der Waals surface area (Å²) in [6, 6.07) is 4.66. The molecule has 0 saturated carbocycles. The van der Waals surface area contributed by atoms with E-state index in [2.05, 4.69) is 4.98 Å². The second-order valence-electron chi connectivity index (χ2n) is 4.02. The summed E-state index contributed by atoms with van der Waals surface area (Å²) in [5.74, 6) is 0.366. The number of nitrogens with zero attached hydrogens (tertiary/aromatic N) is 2. The SMILES string of the molecule is COCCC(N)c1nc2c(F)cccc2n1C. The van der Waals surface area contributed by atoms with Gasteiger partial charge < -0.3 is 15.0 Å². The number of para-hydroxylation sites is 1. The summed E-state index contributed by atoms with van der Waals surface area (Å²) in [6.45, 7) is 0.562. The number of benzene rings is 1. The van der Waals surface area contributed by atoms with Crippen molar-refractivity contribution in [3.8, 4) is 0 Å². The van der Waals surface area contributed by atoms with Crippen LogP contribution in [0.5, 0.6) is 0 Å². The van der Waals surface area contributed by atoms with Crippen molar-refractivity contribution in [3.05, 3.63) is 29.8 Å². The Bertz CT molecular complexity index is 524. The third-order valence-corrected chi connectivity index (χ3v) is 2.86. The van der Waals surface area contributed by atoms with Crippen molar-refractivity contribution in [1.82, 2.24) is 9.55 Å². The Morgan fingerprint density at radius 3 is 2.94 bits per heavy atom. The summed E-state index contributed by atoms with van der Waals surface area (Å²) < 4.78 is 20.4. The summed E-state index contributed by atoms with van der Waals surface area (Å²) in [7, 11) is 3.47. The molecule has 1 atom stereocenters. The molecular weight excluding hydrogens is 221 g/mol. The number of nitrogens with two attached hydrogens (primary N) is 1. The van der Waals surface area contributed by atoms with E-state index in [4.69, 9.17) is 10.5 Å². The number of aryl methyl sites for hydroxylation is 1. The molecule has 1 aromatic carbocycles. The molecule has 0 amide bonds. The molecule has 5 heteroatoms. The predicted molar refractivity (Wildman–Crippen MR) is 64.1 cm³/mol. The number of hydrogen-bond acceptors (Lipinski definition) is 3. The van der Waals surface area contributed by atoms with Crippen LogP contribution in [0.3, 0.4) is 0 Å². The Hall–Kier alpha value is -1.46. The topological polar surface area (TPSA) is 53.1 Å². The van der Waals surface area contributed by atoms with Crippen molar-refractivity contribution >= 4 is 11.0 Å². The van der Waals surface area contributed by atoms with Gasteiger partial charge in [0.15, 0.2) is 5.82 Å². The molecule has 0 fully saturated rings. The van der Waals surface area contributed by atoms with E-state index in [1.807, 2.05) is 17.7 Å². The van der Waals surface area contributed by atoms with E-state index >= 15 is 0 Å². The molecule has 92 valence electrons. The van der Waals surface area contributed by atoms with Gasteiger partial charge in [0.2, 0.25) is 0 Å². The predicted octanol–water partition coefficient (Wildman–Crippen LogP) is 1.75. The van der Waals surface area contributed by atoms with Crippen LogP contribution in [-0.4, -0.2) is 23.3 Å². The number of rotatable bonds is 4. The maximum atomic E-state index is 13.6. The second-order valence-corrected chi connectivity index (χ2v) is 4.02. The Morgan fingerprint density at radius 2 is 2.29 bits per heavy atom. The summed E-state index contributed by atoms with van der Waals surface area (Å²) in [5, 5.41) is 0. The number of imidazole rings is 1. The maximum Gasteiger partial charge on any atom is 0.151 e. The zero-order chi connectivity index (χ0) is 12.4. The fourth-order valence-corrected chi connectivity index (χ4v) is 1.90. The van der Waals surface area contributed by atoms with Crippen LogP contribution in [0.1, 0.15) is 18.3 Å². The molecule has 0 aliphatic heterocycles. The van der Waals surface area contributed by atoms with E-state index in [0.29, 0.717) is 24.4 Å². The highest BCUT2D eigenvalue weighted by Crippen LogP contribution is 2.22. The van der Waals surface area contributed by atoms with Gasteiger partial charge >= 0.3 is 0 Å². The van der Waals surface area contributed by atoms with E-state index in [1.54, 1.807) is 13.2 Å². The quantitative estimate of drug-likeness (QED) is 0.881. The van der Waals surface area contributed by atoms with E-state index in [1.165, 1.54) is 6.07 Å². The van der Waals surface area contributed by atoms with Gasteiger partial charge in [-0.2, -0.15) is 0 Å². The molecule has 0 saturated heterocycles. The molecule has 0 radical (unpaired) electrons. The first-order chi connectivity index (χ1) is 8.15. The summed E-state index contributed by atoms with van der Waals surface area (Å²) in [4.78, 5) is 4.27. The standard InChI is InChI=1S/C12H16FN3O/c1-16-10-5-3-4-8(13)11(10)15-12(16)9(14)6-7-17-2/h3-5,9H,6-7,14H2,1-2H3. The minimum Gasteiger partial charge on any atom is -0.385 e. The van der Waals surface area contributed by atoms with E-state index < -0.39 is 0 Å². The summed E-state index contributed by atoms with van der Waals surface area (Å²) >= 11 is 0. The minimum atomic E-state index is -0.316. The highest BCUT2D eigenvalue weighted by Gasteiger charge is 2.16. The fraction of sp³-hybridized carbons (Fsp3) is 0.417. The molecule has 0 aliphatic carbocycles. The lowest BCUT2D eigenvalue weighted by molar-refractivity contribution is 0.187. The van der Waals surface area contributed by atoms with Gasteiger partial charge in [-0.1, -0.05) is 6.07 Å². The molecule has 2 rings (SSSR count). The molecule has 1 heterocycles. The average molecular weight is 237 g/mol. The number of aromatic nitrogens is 2. The number of fused-ring (bicyclic) bond motifs is 1. The van der Waals surface area contributed by atoms with Crippen LogP contribution >= 0.6 is 0 Å². The van der Waals surface area contributed by atoms with Gasteiger partial charge in [0.25, 0.3) is 0 Å². The third-order valence-electron chi connectivity index (χ3n) is 2.86.